The molecule has 5 heteroatoms. The van der Waals surface area contributed by atoms with Crippen LogP contribution in [-0.4, -0.2) is 16.2 Å². The summed E-state index contributed by atoms with van der Waals surface area (Å²) in [7, 11) is 0. The second-order valence-corrected chi connectivity index (χ2v) is 16.5. The molecular formula is C59H38N4O. The summed E-state index contributed by atoms with van der Waals surface area (Å²) in [5, 5.41) is 12.8. The van der Waals surface area contributed by atoms with Crippen molar-refractivity contribution in [3.8, 4) is 27.9 Å². The highest BCUT2D eigenvalue weighted by Gasteiger charge is 2.26. The molecule has 2 aromatic heterocycles. The zero-order valence-electron chi connectivity index (χ0n) is 34.6. The SMILES string of the molecule is c1ccc(C2=NC(c3cccc4oc5c(-n6c7ccc(-c8ccccc8)cc7c7c8ccccc8c(-c8ccccc8)cc76)cccc5c34)=NC(c3ccc4ccccc4c3)N2)cc1. The quantitative estimate of drug-likeness (QED) is 0.182. The summed E-state index contributed by atoms with van der Waals surface area (Å²) in [6.45, 7) is 0. The van der Waals surface area contributed by atoms with E-state index in [-0.39, 0.29) is 6.17 Å². The molecule has 5 nitrogen and oxygen atoms in total. The third kappa shape index (κ3) is 5.79. The number of hydrogen-bond acceptors (Lipinski definition) is 4. The zero-order chi connectivity index (χ0) is 42.1. The van der Waals surface area contributed by atoms with E-state index in [1.54, 1.807) is 0 Å². The number of nitrogens with one attached hydrogen (secondary N) is 1. The molecule has 10 aromatic carbocycles. The first-order valence-corrected chi connectivity index (χ1v) is 21.8. The third-order valence-electron chi connectivity index (χ3n) is 12.8. The van der Waals surface area contributed by atoms with Crippen molar-refractivity contribution < 1.29 is 4.42 Å². The maximum atomic E-state index is 7.06. The lowest BCUT2D eigenvalue weighted by Crippen LogP contribution is -2.33. The van der Waals surface area contributed by atoms with E-state index < -0.39 is 0 Å². The van der Waals surface area contributed by atoms with Gasteiger partial charge in [0.2, 0.25) is 0 Å². The molecular weight excluding hydrogens is 781 g/mol. The number of hydrogen-bond donors (Lipinski definition) is 1. The fourth-order valence-corrected chi connectivity index (χ4v) is 9.86. The van der Waals surface area contributed by atoms with E-state index in [4.69, 9.17) is 14.4 Å². The molecule has 12 aromatic rings. The Hall–Kier alpha value is -8.54. The number of amidine groups is 2. The van der Waals surface area contributed by atoms with Crippen LogP contribution in [0.25, 0.3) is 93.2 Å². The second-order valence-electron chi connectivity index (χ2n) is 16.5. The van der Waals surface area contributed by atoms with Crippen LogP contribution >= 0.6 is 0 Å². The van der Waals surface area contributed by atoms with Gasteiger partial charge in [0.15, 0.2) is 11.4 Å². The topological polar surface area (TPSA) is 54.8 Å². The van der Waals surface area contributed by atoms with E-state index in [1.165, 1.54) is 54.6 Å². The Bertz CT molecular complexity index is 3860. The van der Waals surface area contributed by atoms with Crippen LogP contribution in [0.4, 0.5) is 0 Å². The minimum atomic E-state index is -0.358. The van der Waals surface area contributed by atoms with E-state index in [0.29, 0.717) is 5.84 Å². The first-order valence-electron chi connectivity index (χ1n) is 21.8. The Balaban J connectivity index is 1.06. The highest BCUT2D eigenvalue weighted by atomic mass is 16.3. The number of fused-ring (bicyclic) bond motifs is 9. The van der Waals surface area contributed by atoms with Crippen LogP contribution in [0.15, 0.2) is 233 Å². The van der Waals surface area contributed by atoms with Crippen molar-refractivity contribution >= 4 is 77.0 Å². The van der Waals surface area contributed by atoms with Gasteiger partial charge in [-0.3, -0.25) is 0 Å². The van der Waals surface area contributed by atoms with E-state index >= 15 is 0 Å². The average molecular weight is 819 g/mol. The van der Waals surface area contributed by atoms with Crippen LogP contribution in [0.3, 0.4) is 0 Å². The molecule has 0 fully saturated rings. The molecule has 1 unspecified atom stereocenters. The first-order chi connectivity index (χ1) is 31.7. The fourth-order valence-electron chi connectivity index (χ4n) is 9.86. The lowest BCUT2D eigenvalue weighted by atomic mass is 9.94. The Morgan fingerprint density at radius 2 is 1.12 bits per heavy atom. The average Bonchev–Trinajstić information content (AvgIpc) is 3.92. The molecule has 0 spiro atoms. The van der Waals surface area contributed by atoms with Crippen molar-refractivity contribution in [3.63, 3.8) is 0 Å². The monoisotopic (exact) mass is 818 g/mol. The smallest absolute Gasteiger partial charge is 0.160 e. The number of benzene rings is 10. The Morgan fingerprint density at radius 3 is 1.94 bits per heavy atom. The van der Waals surface area contributed by atoms with Crippen LogP contribution < -0.4 is 5.32 Å². The van der Waals surface area contributed by atoms with Crippen LogP contribution in [0, 0.1) is 0 Å². The summed E-state index contributed by atoms with van der Waals surface area (Å²) in [5.74, 6) is 1.43. The molecule has 300 valence electrons. The van der Waals surface area contributed by atoms with Gasteiger partial charge in [-0.05, 0) is 85.8 Å². The zero-order valence-corrected chi connectivity index (χ0v) is 34.6. The number of para-hydroxylation sites is 1. The maximum absolute atomic E-state index is 7.06. The highest BCUT2D eigenvalue weighted by Crippen LogP contribution is 2.45. The first kappa shape index (κ1) is 36.1. The van der Waals surface area contributed by atoms with Gasteiger partial charge in [-0.1, -0.05) is 182 Å². The Labute approximate surface area is 368 Å². The second kappa shape index (κ2) is 14.5. The molecule has 0 radical (unpaired) electrons. The van der Waals surface area contributed by atoms with Gasteiger partial charge in [-0.15, -0.1) is 0 Å². The predicted molar refractivity (Wildman–Crippen MR) is 266 cm³/mol. The fraction of sp³-hybridized carbons (Fsp3) is 0.0169. The van der Waals surface area contributed by atoms with Crippen LogP contribution in [0.2, 0.25) is 0 Å². The molecule has 64 heavy (non-hydrogen) atoms. The van der Waals surface area contributed by atoms with Crippen molar-refractivity contribution in [1.29, 1.82) is 0 Å². The summed E-state index contributed by atoms with van der Waals surface area (Å²) in [4.78, 5) is 10.6. The summed E-state index contributed by atoms with van der Waals surface area (Å²) in [6, 6.07) is 77.5. The maximum Gasteiger partial charge on any atom is 0.160 e. The molecule has 1 atom stereocenters. The molecule has 0 saturated carbocycles. The molecule has 0 aliphatic carbocycles. The largest absolute Gasteiger partial charge is 0.454 e. The van der Waals surface area contributed by atoms with Crippen LogP contribution in [-0.2, 0) is 0 Å². The van der Waals surface area contributed by atoms with Crippen LogP contribution in [0.5, 0.6) is 0 Å². The van der Waals surface area contributed by atoms with Gasteiger partial charge < -0.3 is 14.3 Å². The number of furan rings is 1. The summed E-state index contributed by atoms with van der Waals surface area (Å²) >= 11 is 0. The molecule has 1 aliphatic rings. The Kier molecular flexibility index (Phi) is 8.21. The van der Waals surface area contributed by atoms with E-state index in [9.17, 15) is 0 Å². The highest BCUT2D eigenvalue weighted by molar-refractivity contribution is 6.26. The normalized spacial score (nSPS) is 14.1. The lowest BCUT2D eigenvalue weighted by molar-refractivity contribution is 0.666. The summed E-state index contributed by atoms with van der Waals surface area (Å²) in [5.41, 5.74) is 12.5. The molecule has 0 saturated heterocycles. The standard InChI is InChI=1S/C59H38N4O/c1-4-16-37(17-5-1)42-32-33-50-49(35-42)54-45-25-13-12-24-44(45)48(39-19-6-2-7-20-39)36-52(54)63(50)51-28-14-26-46-55-47(27-15-29-53(55)64-56(46)51)59-61-57(40-21-8-3-9-22-40)60-58(62-59)43-31-30-38-18-10-11-23-41(38)34-43/h1-36,58H,(H,60,61,62). The summed E-state index contributed by atoms with van der Waals surface area (Å²) in [6.07, 6.45) is -0.358. The van der Waals surface area contributed by atoms with Crippen molar-refractivity contribution in [1.82, 2.24) is 9.88 Å². The van der Waals surface area contributed by atoms with E-state index in [2.05, 4.69) is 210 Å². The Morgan fingerprint density at radius 1 is 0.438 bits per heavy atom. The summed E-state index contributed by atoms with van der Waals surface area (Å²) < 4.78 is 9.47. The molecule has 0 bridgehead atoms. The molecule has 0 amide bonds. The van der Waals surface area contributed by atoms with Gasteiger partial charge in [0.05, 0.1) is 16.7 Å². The van der Waals surface area contributed by atoms with Gasteiger partial charge in [-0.2, -0.15) is 0 Å². The third-order valence-corrected chi connectivity index (χ3v) is 12.8. The van der Waals surface area contributed by atoms with Crippen LogP contribution in [0.1, 0.15) is 22.9 Å². The molecule has 13 rings (SSSR count). The van der Waals surface area contributed by atoms with E-state index in [1.807, 2.05) is 18.2 Å². The van der Waals surface area contributed by atoms with Gasteiger partial charge in [0.1, 0.15) is 17.6 Å². The number of nitrogens with zero attached hydrogens (tertiary/aromatic N) is 3. The molecule has 1 aliphatic heterocycles. The van der Waals surface area contributed by atoms with Crippen molar-refractivity contribution in [2.45, 2.75) is 6.17 Å². The number of rotatable bonds is 6. The van der Waals surface area contributed by atoms with Gasteiger partial charge >= 0.3 is 0 Å². The van der Waals surface area contributed by atoms with Gasteiger partial charge in [-0.25, -0.2) is 9.98 Å². The number of aliphatic imine (C=N–C) groups is 2. The van der Waals surface area contributed by atoms with Gasteiger partial charge in [0.25, 0.3) is 0 Å². The lowest BCUT2D eigenvalue weighted by Gasteiger charge is -2.24. The number of aromatic nitrogens is 1. The van der Waals surface area contributed by atoms with Crippen molar-refractivity contribution in [2.75, 3.05) is 0 Å². The van der Waals surface area contributed by atoms with Gasteiger partial charge in [0, 0.05) is 32.7 Å². The molecule has 1 N–H and O–H groups in total. The van der Waals surface area contributed by atoms with Crippen molar-refractivity contribution in [2.24, 2.45) is 9.98 Å². The predicted octanol–water partition coefficient (Wildman–Crippen LogP) is 14.8. The molecule has 3 heterocycles. The van der Waals surface area contributed by atoms with Crippen molar-refractivity contribution in [3.05, 3.63) is 235 Å². The minimum Gasteiger partial charge on any atom is -0.454 e. The minimum absolute atomic E-state index is 0.358. The van der Waals surface area contributed by atoms with E-state index in [0.717, 1.165) is 61.2 Å².